The molecule has 0 aliphatic heterocycles. The minimum atomic E-state index is -5.08. The molecule has 2 amide bonds. The van der Waals surface area contributed by atoms with E-state index in [0.29, 0.717) is 23.1 Å². The summed E-state index contributed by atoms with van der Waals surface area (Å²) in [5, 5.41) is 26.3. The third-order valence-electron chi connectivity index (χ3n) is 6.38. The van der Waals surface area contributed by atoms with Gasteiger partial charge in [-0.2, -0.15) is 18.3 Å². The van der Waals surface area contributed by atoms with Crippen LogP contribution in [0.2, 0.25) is 0 Å². The number of fused-ring (bicyclic) bond motifs is 1. The lowest BCUT2D eigenvalue weighted by molar-refractivity contribution is -0.192. The monoisotopic (exact) mass is 615 g/mol. The number of nitrogens with zero attached hydrogens (tertiary/aromatic N) is 3. The van der Waals surface area contributed by atoms with Gasteiger partial charge in [-0.15, -0.1) is 0 Å². The van der Waals surface area contributed by atoms with Crippen LogP contribution in [0.25, 0.3) is 11.0 Å². The molecule has 1 aliphatic rings. The number of aliphatic carboxylic acids is 1. The Morgan fingerprint density at radius 2 is 1.72 bits per heavy atom. The van der Waals surface area contributed by atoms with E-state index in [4.69, 9.17) is 14.6 Å². The Morgan fingerprint density at radius 1 is 1.12 bits per heavy atom. The lowest BCUT2D eigenvalue weighted by Crippen LogP contribution is -2.53. The van der Waals surface area contributed by atoms with Gasteiger partial charge in [0.2, 0.25) is 0 Å². The van der Waals surface area contributed by atoms with Gasteiger partial charge in [0.1, 0.15) is 23.8 Å². The topological polar surface area (TPSA) is 156 Å². The van der Waals surface area contributed by atoms with E-state index in [9.17, 15) is 36.6 Å². The lowest BCUT2D eigenvalue weighted by Gasteiger charge is -2.29. The van der Waals surface area contributed by atoms with Crippen molar-refractivity contribution in [2.75, 3.05) is 6.54 Å². The minimum absolute atomic E-state index is 0.0243. The smallest absolute Gasteiger partial charge is 0.486 e. The molecule has 2 heterocycles. The number of hydrogen-bond acceptors (Lipinski definition) is 6. The second-order valence-electron chi connectivity index (χ2n) is 10.2. The summed E-state index contributed by atoms with van der Waals surface area (Å²) in [6.07, 6.45) is -3.31. The van der Waals surface area contributed by atoms with Crippen LogP contribution in [0, 0.1) is 18.6 Å². The van der Waals surface area contributed by atoms with Crippen molar-refractivity contribution >= 4 is 29.0 Å². The summed E-state index contributed by atoms with van der Waals surface area (Å²) in [6.45, 7) is 5.11. The van der Waals surface area contributed by atoms with Crippen LogP contribution in [0.5, 0.6) is 5.75 Å². The third-order valence-corrected chi connectivity index (χ3v) is 6.38. The normalized spacial score (nSPS) is 14.3. The van der Waals surface area contributed by atoms with E-state index in [2.05, 4.69) is 20.7 Å². The summed E-state index contributed by atoms with van der Waals surface area (Å²) < 4.78 is 67.3. The third kappa shape index (κ3) is 8.51. The van der Waals surface area contributed by atoms with Crippen molar-refractivity contribution in [2.24, 2.45) is 0 Å². The molecule has 234 valence electrons. The SMILES string of the molecule is CCCC(C)(CNC(=O)c1c2nc(C)cc(OCc3c(F)cccc3F)c2nn1C1CC1)NC(=O)O.O=C(O)C(F)(F)F. The average molecular weight is 616 g/mol. The van der Waals surface area contributed by atoms with Crippen LogP contribution in [0.4, 0.5) is 26.7 Å². The van der Waals surface area contributed by atoms with Gasteiger partial charge in [0.05, 0.1) is 17.1 Å². The molecule has 0 radical (unpaired) electrons. The summed E-state index contributed by atoms with van der Waals surface area (Å²) in [4.78, 5) is 38.1. The number of carbonyl (C=O) groups is 3. The van der Waals surface area contributed by atoms with Crippen LogP contribution in [0.15, 0.2) is 24.3 Å². The molecule has 3 aromatic rings. The summed E-state index contributed by atoms with van der Waals surface area (Å²) in [5.41, 5.74) is 0.353. The van der Waals surface area contributed by atoms with Crippen molar-refractivity contribution in [3.8, 4) is 5.75 Å². The molecule has 0 saturated heterocycles. The van der Waals surface area contributed by atoms with Crippen LogP contribution >= 0.6 is 0 Å². The fourth-order valence-electron chi connectivity index (χ4n) is 4.25. The second kappa shape index (κ2) is 13.2. The molecular formula is C27H30F5N5O6. The van der Waals surface area contributed by atoms with Gasteiger partial charge in [0, 0.05) is 18.3 Å². The molecule has 43 heavy (non-hydrogen) atoms. The van der Waals surface area contributed by atoms with Crippen LogP contribution in [-0.2, 0) is 11.4 Å². The summed E-state index contributed by atoms with van der Waals surface area (Å²) in [6, 6.07) is 5.23. The molecule has 0 spiro atoms. The Hall–Kier alpha value is -4.50. The molecule has 1 fully saturated rings. The number of ether oxygens (including phenoxy) is 1. The van der Waals surface area contributed by atoms with Crippen molar-refractivity contribution in [1.82, 2.24) is 25.4 Å². The number of hydrogen-bond donors (Lipinski definition) is 4. The molecular weight excluding hydrogens is 585 g/mol. The number of aromatic nitrogens is 3. The molecule has 1 saturated carbocycles. The zero-order chi connectivity index (χ0) is 32.1. The van der Waals surface area contributed by atoms with Gasteiger partial charge in [-0.25, -0.2) is 23.4 Å². The van der Waals surface area contributed by atoms with Crippen LogP contribution in [-0.4, -0.2) is 61.2 Å². The van der Waals surface area contributed by atoms with Gasteiger partial charge in [-0.3, -0.25) is 9.48 Å². The number of carboxylic acid groups (broad SMARTS) is 2. The highest BCUT2D eigenvalue weighted by molar-refractivity contribution is 6.04. The summed E-state index contributed by atoms with van der Waals surface area (Å²) >= 11 is 0. The Kier molecular flexibility index (Phi) is 10.1. The number of aryl methyl sites for hydroxylation is 1. The zero-order valence-electron chi connectivity index (χ0n) is 23.4. The van der Waals surface area contributed by atoms with Gasteiger partial charge >= 0.3 is 18.2 Å². The maximum Gasteiger partial charge on any atom is 0.490 e. The Morgan fingerprint density at radius 3 is 2.23 bits per heavy atom. The lowest BCUT2D eigenvalue weighted by atomic mass is 9.96. The number of rotatable bonds is 10. The van der Waals surface area contributed by atoms with Gasteiger partial charge in [0.25, 0.3) is 5.91 Å². The van der Waals surface area contributed by atoms with E-state index in [1.165, 1.54) is 6.07 Å². The number of benzene rings is 1. The molecule has 11 nitrogen and oxygen atoms in total. The van der Waals surface area contributed by atoms with Crippen molar-refractivity contribution in [2.45, 2.75) is 70.8 Å². The summed E-state index contributed by atoms with van der Waals surface area (Å²) in [5.74, 6) is -4.37. The predicted molar refractivity (Wildman–Crippen MR) is 142 cm³/mol. The van der Waals surface area contributed by atoms with Gasteiger partial charge < -0.3 is 25.6 Å². The molecule has 0 bridgehead atoms. The maximum atomic E-state index is 14.1. The highest BCUT2D eigenvalue weighted by Crippen LogP contribution is 2.39. The second-order valence-corrected chi connectivity index (χ2v) is 10.2. The molecule has 16 heteroatoms. The quantitative estimate of drug-likeness (QED) is 0.229. The van der Waals surface area contributed by atoms with E-state index < -0.39 is 41.3 Å². The first-order valence-corrected chi connectivity index (χ1v) is 13.1. The van der Waals surface area contributed by atoms with E-state index in [1.807, 2.05) is 6.92 Å². The summed E-state index contributed by atoms with van der Waals surface area (Å²) in [7, 11) is 0. The van der Waals surface area contributed by atoms with Crippen molar-refractivity contribution < 1.29 is 51.3 Å². The minimum Gasteiger partial charge on any atom is -0.486 e. The van der Waals surface area contributed by atoms with Crippen molar-refractivity contribution in [3.05, 3.63) is 52.9 Å². The molecule has 1 aliphatic carbocycles. The molecule has 4 rings (SSSR count). The number of amides is 2. The predicted octanol–water partition coefficient (Wildman–Crippen LogP) is 5.12. The van der Waals surface area contributed by atoms with Gasteiger partial charge in [-0.05, 0) is 45.2 Å². The number of pyridine rings is 1. The molecule has 1 aromatic carbocycles. The maximum absolute atomic E-state index is 14.1. The average Bonchev–Trinajstić information content (AvgIpc) is 3.67. The fourth-order valence-corrected chi connectivity index (χ4v) is 4.25. The van der Waals surface area contributed by atoms with Gasteiger partial charge in [0.15, 0.2) is 17.0 Å². The van der Waals surface area contributed by atoms with E-state index in [0.717, 1.165) is 31.4 Å². The molecule has 1 atom stereocenters. The highest BCUT2D eigenvalue weighted by Gasteiger charge is 2.38. The number of nitrogens with one attached hydrogen (secondary N) is 2. The van der Waals surface area contributed by atoms with Crippen molar-refractivity contribution in [3.63, 3.8) is 0 Å². The van der Waals surface area contributed by atoms with Crippen LogP contribution in [0.1, 0.15) is 67.3 Å². The Labute approximate surface area is 242 Å². The first-order chi connectivity index (χ1) is 20.1. The zero-order valence-corrected chi connectivity index (χ0v) is 23.4. The molecule has 2 aromatic heterocycles. The van der Waals surface area contributed by atoms with Crippen LogP contribution < -0.4 is 15.4 Å². The first kappa shape index (κ1) is 33.0. The largest absolute Gasteiger partial charge is 0.490 e. The first-order valence-electron chi connectivity index (χ1n) is 13.1. The number of halogens is 5. The van der Waals surface area contributed by atoms with Crippen molar-refractivity contribution in [1.29, 1.82) is 0 Å². The number of carbonyl (C=O) groups excluding carboxylic acids is 1. The van der Waals surface area contributed by atoms with Gasteiger partial charge in [-0.1, -0.05) is 19.4 Å². The molecule has 1 unspecified atom stereocenters. The Bertz CT molecular complexity index is 1490. The van der Waals surface area contributed by atoms with E-state index >= 15 is 0 Å². The molecule has 4 N–H and O–H groups in total. The number of carboxylic acids is 1. The van der Waals surface area contributed by atoms with E-state index in [-0.39, 0.29) is 36.2 Å². The number of alkyl halides is 3. The van der Waals surface area contributed by atoms with Crippen LogP contribution in [0.3, 0.4) is 0 Å². The Balaban J connectivity index is 0.000000646. The van der Waals surface area contributed by atoms with E-state index in [1.54, 1.807) is 24.6 Å². The standard InChI is InChI=1S/C25H29F2N5O4.C2HF3O2/c1-4-10-25(3,30-24(34)35)13-28-23(33)22-21-20(31-32(22)15-8-9-15)19(11-14(2)29-21)36-12-16-17(26)6-5-7-18(16)27;3-2(4,5)1(6)7/h5-7,11,15,30H,4,8-10,12-13H2,1-3H3,(H,28,33)(H,34,35);(H,6,7). The highest BCUT2D eigenvalue weighted by atomic mass is 19.4. The fraction of sp³-hybridized carbons (Fsp3) is 0.444.